The van der Waals surface area contributed by atoms with Crippen LogP contribution in [-0.2, 0) is 14.8 Å². The van der Waals surface area contributed by atoms with E-state index in [9.17, 15) is 18.3 Å². The molecule has 0 bridgehead atoms. The minimum absolute atomic E-state index is 0.149. The standard InChI is InChI=1S/C30H30N4O7S/c1-33(2)13-14-34(42(4,37)38)22-9-7-21(8-10-22)31-28(19-6-12-25-26(18-19)41-16-15-40-25)27-23-11-5-20(30(36)39-3)17-24(23)32-29(27)35/h5-12,15-18,32,35H,13-14H2,1-4H3. The van der Waals surface area contributed by atoms with E-state index in [4.69, 9.17) is 19.2 Å². The molecule has 0 atom stereocenters. The second-order valence-corrected chi connectivity index (χ2v) is 11.8. The maximum Gasteiger partial charge on any atom is 0.337 e. The van der Waals surface area contributed by atoms with Crippen molar-refractivity contribution >= 4 is 44.0 Å². The van der Waals surface area contributed by atoms with Gasteiger partial charge in [0.1, 0.15) is 12.5 Å². The molecule has 1 aliphatic rings. The molecule has 218 valence electrons. The van der Waals surface area contributed by atoms with Crippen LogP contribution in [0.15, 0.2) is 78.2 Å². The highest BCUT2D eigenvalue weighted by molar-refractivity contribution is 7.92. The molecule has 2 heterocycles. The average molecular weight is 591 g/mol. The molecule has 0 spiro atoms. The molecule has 5 rings (SSSR count). The number of anilines is 1. The summed E-state index contributed by atoms with van der Waals surface area (Å²) < 4.78 is 42.3. The average Bonchev–Trinajstić information content (AvgIpc) is 3.29. The summed E-state index contributed by atoms with van der Waals surface area (Å²) in [6.45, 7) is 0.843. The van der Waals surface area contributed by atoms with Crippen molar-refractivity contribution in [2.24, 2.45) is 4.99 Å². The van der Waals surface area contributed by atoms with Crippen LogP contribution in [0.4, 0.5) is 11.4 Å². The number of nitrogens with zero attached hydrogens (tertiary/aromatic N) is 3. The van der Waals surface area contributed by atoms with Crippen molar-refractivity contribution < 1.29 is 32.5 Å². The maximum absolute atomic E-state index is 12.5. The number of aromatic amines is 1. The quantitative estimate of drug-likeness (QED) is 0.217. The van der Waals surface area contributed by atoms with Crippen LogP contribution in [-0.4, -0.2) is 75.6 Å². The molecule has 1 aromatic heterocycles. The number of methoxy groups -OCH3 is 1. The second-order valence-electron chi connectivity index (χ2n) is 9.89. The van der Waals surface area contributed by atoms with Crippen LogP contribution in [0.25, 0.3) is 10.9 Å². The van der Waals surface area contributed by atoms with Crippen molar-refractivity contribution in [2.45, 2.75) is 0 Å². The minimum Gasteiger partial charge on any atom is -0.494 e. The summed E-state index contributed by atoms with van der Waals surface area (Å²) in [6, 6.07) is 17.0. The maximum atomic E-state index is 12.5. The summed E-state index contributed by atoms with van der Waals surface area (Å²) in [5.74, 6) is 0.337. The number of aliphatic imine (C=N–C) groups is 1. The monoisotopic (exact) mass is 590 g/mol. The number of sulfonamides is 1. The zero-order valence-corrected chi connectivity index (χ0v) is 24.3. The highest BCUT2D eigenvalue weighted by Crippen LogP contribution is 2.36. The number of hydrogen-bond acceptors (Lipinski definition) is 9. The van der Waals surface area contributed by atoms with Crippen LogP contribution in [0.5, 0.6) is 17.4 Å². The minimum atomic E-state index is -3.51. The Kier molecular flexibility index (Phi) is 7.92. The molecular formula is C30H30N4O7S. The molecule has 12 heteroatoms. The van der Waals surface area contributed by atoms with Crippen molar-refractivity contribution in [1.82, 2.24) is 9.88 Å². The van der Waals surface area contributed by atoms with Gasteiger partial charge in [0, 0.05) is 29.6 Å². The highest BCUT2D eigenvalue weighted by Gasteiger charge is 2.22. The second kappa shape index (κ2) is 11.6. The smallest absolute Gasteiger partial charge is 0.337 e. The molecule has 0 fully saturated rings. The molecular weight excluding hydrogens is 560 g/mol. The van der Waals surface area contributed by atoms with Gasteiger partial charge in [0.05, 0.1) is 41.6 Å². The summed E-state index contributed by atoms with van der Waals surface area (Å²) >= 11 is 0. The lowest BCUT2D eigenvalue weighted by atomic mass is 9.99. The summed E-state index contributed by atoms with van der Waals surface area (Å²) in [6.07, 6.45) is 4.03. The van der Waals surface area contributed by atoms with Gasteiger partial charge < -0.3 is 29.2 Å². The zero-order chi connectivity index (χ0) is 30.0. The van der Waals surface area contributed by atoms with E-state index in [0.29, 0.717) is 69.3 Å². The van der Waals surface area contributed by atoms with Crippen LogP contribution >= 0.6 is 0 Å². The van der Waals surface area contributed by atoms with Crippen molar-refractivity contribution in [3.8, 4) is 17.4 Å². The number of aromatic hydroxyl groups is 1. The van der Waals surface area contributed by atoms with E-state index < -0.39 is 16.0 Å². The van der Waals surface area contributed by atoms with Gasteiger partial charge in [0.2, 0.25) is 10.0 Å². The molecule has 0 saturated carbocycles. The molecule has 3 aromatic carbocycles. The van der Waals surface area contributed by atoms with Crippen LogP contribution in [0.3, 0.4) is 0 Å². The summed E-state index contributed by atoms with van der Waals surface area (Å²) in [4.78, 5) is 21.8. The topological polar surface area (TPSA) is 134 Å². The molecule has 2 N–H and O–H groups in total. The van der Waals surface area contributed by atoms with Gasteiger partial charge in [-0.15, -0.1) is 0 Å². The van der Waals surface area contributed by atoms with Gasteiger partial charge in [-0.25, -0.2) is 18.2 Å². The molecule has 1 aliphatic heterocycles. The largest absolute Gasteiger partial charge is 0.494 e. The van der Waals surface area contributed by atoms with Gasteiger partial charge in [0.15, 0.2) is 17.4 Å². The third kappa shape index (κ3) is 5.94. The van der Waals surface area contributed by atoms with E-state index in [2.05, 4.69) is 4.98 Å². The number of esters is 1. The first kappa shape index (κ1) is 28.7. The van der Waals surface area contributed by atoms with Crippen molar-refractivity contribution in [1.29, 1.82) is 0 Å². The van der Waals surface area contributed by atoms with Crippen LogP contribution < -0.4 is 13.8 Å². The first-order chi connectivity index (χ1) is 20.0. The molecule has 4 aromatic rings. The summed E-state index contributed by atoms with van der Waals surface area (Å²) in [7, 11) is 1.55. The number of rotatable bonds is 9. The fourth-order valence-electron chi connectivity index (χ4n) is 4.58. The fraction of sp³-hybridized carbons (Fsp3) is 0.200. The third-order valence-corrected chi connectivity index (χ3v) is 7.82. The lowest BCUT2D eigenvalue weighted by Crippen LogP contribution is -2.35. The SMILES string of the molecule is COC(=O)c1ccc2c(C(=Nc3ccc(N(CCN(C)C)S(C)(=O)=O)cc3)c3ccc4c(c3)OC=CO4)c(O)[nH]c2c1. The van der Waals surface area contributed by atoms with Crippen LogP contribution in [0.1, 0.15) is 21.5 Å². The number of hydrogen-bond donors (Lipinski definition) is 2. The van der Waals surface area contributed by atoms with E-state index >= 15 is 0 Å². The Morgan fingerprint density at radius 2 is 1.64 bits per heavy atom. The van der Waals surface area contributed by atoms with E-state index in [1.54, 1.807) is 60.7 Å². The van der Waals surface area contributed by atoms with Gasteiger partial charge in [-0.2, -0.15) is 0 Å². The van der Waals surface area contributed by atoms with Gasteiger partial charge in [-0.05, 0) is 68.7 Å². The van der Waals surface area contributed by atoms with Gasteiger partial charge in [-0.1, -0.05) is 6.07 Å². The lowest BCUT2D eigenvalue weighted by molar-refractivity contribution is 0.0601. The van der Waals surface area contributed by atoms with Crippen LogP contribution in [0, 0.1) is 0 Å². The van der Waals surface area contributed by atoms with Crippen molar-refractivity contribution in [3.05, 3.63) is 89.9 Å². The molecule has 0 aliphatic carbocycles. The number of nitrogens with one attached hydrogen (secondary N) is 1. The number of aromatic nitrogens is 1. The van der Waals surface area contributed by atoms with Gasteiger partial charge >= 0.3 is 5.97 Å². The van der Waals surface area contributed by atoms with E-state index in [-0.39, 0.29) is 5.88 Å². The Morgan fingerprint density at radius 1 is 0.952 bits per heavy atom. The fourth-order valence-corrected chi connectivity index (χ4v) is 5.50. The van der Waals surface area contributed by atoms with E-state index in [0.717, 1.165) is 0 Å². The summed E-state index contributed by atoms with van der Waals surface area (Å²) in [5, 5.41) is 11.7. The Labute approximate surface area is 243 Å². The molecule has 0 amide bonds. The Balaban J connectivity index is 1.62. The number of likely N-dealkylation sites (N-methyl/N-ethyl adjacent to an activating group) is 1. The highest BCUT2D eigenvalue weighted by atomic mass is 32.2. The number of ether oxygens (including phenoxy) is 3. The number of carbonyl (C=O) groups excluding carboxylic acids is 1. The number of fused-ring (bicyclic) bond motifs is 2. The Morgan fingerprint density at radius 3 is 2.31 bits per heavy atom. The molecule has 11 nitrogen and oxygen atoms in total. The third-order valence-electron chi connectivity index (χ3n) is 6.63. The lowest BCUT2D eigenvalue weighted by Gasteiger charge is -2.24. The van der Waals surface area contributed by atoms with Crippen LogP contribution in [0.2, 0.25) is 0 Å². The molecule has 42 heavy (non-hydrogen) atoms. The Hall–Kier alpha value is -4.81. The van der Waals surface area contributed by atoms with E-state index in [1.807, 2.05) is 19.0 Å². The van der Waals surface area contributed by atoms with Gasteiger partial charge in [-0.3, -0.25) is 4.31 Å². The normalized spacial score (nSPS) is 13.0. The Bertz CT molecular complexity index is 1810. The molecule has 0 saturated heterocycles. The molecule has 0 radical (unpaired) electrons. The van der Waals surface area contributed by atoms with E-state index in [1.165, 1.54) is 30.2 Å². The predicted octanol–water partition coefficient (Wildman–Crippen LogP) is 4.40. The molecule has 0 unspecified atom stereocenters. The zero-order valence-electron chi connectivity index (χ0n) is 23.5. The van der Waals surface area contributed by atoms with Crippen molar-refractivity contribution in [3.63, 3.8) is 0 Å². The number of H-pyrrole nitrogens is 1. The predicted molar refractivity (Wildman–Crippen MR) is 161 cm³/mol. The number of benzene rings is 3. The first-order valence-corrected chi connectivity index (χ1v) is 14.8. The van der Waals surface area contributed by atoms with Gasteiger partial charge in [0.25, 0.3) is 0 Å². The summed E-state index contributed by atoms with van der Waals surface area (Å²) in [5.41, 5.74) is 3.29. The number of carbonyl (C=O) groups is 1. The first-order valence-electron chi connectivity index (χ1n) is 12.9. The van der Waals surface area contributed by atoms with Crippen molar-refractivity contribution in [2.75, 3.05) is 44.9 Å².